The van der Waals surface area contributed by atoms with Gasteiger partial charge in [-0.3, -0.25) is 5.41 Å². The molecule has 0 atom stereocenters. The minimum Gasteiger partial charge on any atom is -0.369 e. The molecule has 0 spiro atoms. The second-order valence-corrected chi connectivity index (χ2v) is 5.59. The Bertz CT molecular complexity index is 759. The zero-order chi connectivity index (χ0) is 17.4. The summed E-state index contributed by atoms with van der Waals surface area (Å²) >= 11 is 12.3. The molecule has 0 amide bonds. The molecule has 0 radical (unpaired) electrons. The summed E-state index contributed by atoms with van der Waals surface area (Å²) < 4.78 is 0. The standard InChI is InChI=1S/C18H16Cl2N4.BrH/c19-16-7-3-1-5-13(16)9-11-15(23-24-18(21)22)12-10-14-6-2-4-8-17(14)20;/h1-12H,(H4,21,22,24);1H/b11-9+,12-10+;. The third kappa shape index (κ3) is 7.13. The van der Waals surface area contributed by atoms with Crippen LogP contribution in [0.25, 0.3) is 12.2 Å². The van der Waals surface area contributed by atoms with E-state index in [1.807, 2.05) is 60.7 Å². The molecule has 4 nitrogen and oxygen atoms in total. The highest BCUT2D eigenvalue weighted by atomic mass is 79.9. The maximum Gasteiger partial charge on any atom is 0.206 e. The summed E-state index contributed by atoms with van der Waals surface area (Å²) in [5, 5.41) is 12.6. The van der Waals surface area contributed by atoms with Crippen molar-refractivity contribution in [2.45, 2.75) is 0 Å². The summed E-state index contributed by atoms with van der Waals surface area (Å²) in [5.41, 5.74) is 9.99. The first-order valence-electron chi connectivity index (χ1n) is 7.09. The van der Waals surface area contributed by atoms with Crippen LogP contribution in [0.5, 0.6) is 0 Å². The number of halogens is 3. The molecular weight excluding hydrogens is 423 g/mol. The monoisotopic (exact) mass is 438 g/mol. The van der Waals surface area contributed by atoms with Crippen molar-refractivity contribution < 1.29 is 0 Å². The Kier molecular flexibility index (Phi) is 8.99. The topological polar surface area (TPSA) is 74.3 Å². The van der Waals surface area contributed by atoms with Crippen LogP contribution in [0.15, 0.2) is 65.8 Å². The van der Waals surface area contributed by atoms with Crippen LogP contribution >= 0.6 is 40.2 Å². The highest BCUT2D eigenvalue weighted by Gasteiger charge is 1.97. The fourth-order valence-electron chi connectivity index (χ4n) is 1.83. The number of nitrogens with zero attached hydrogens (tertiary/aromatic N) is 1. The van der Waals surface area contributed by atoms with Crippen LogP contribution in [0, 0.1) is 5.41 Å². The SMILES string of the molecule is Br.N=C(N)NN=C(/C=C/c1ccccc1Cl)/C=C/c1ccccc1Cl. The summed E-state index contributed by atoms with van der Waals surface area (Å²) in [6.07, 6.45) is 7.20. The Morgan fingerprint density at radius 2 is 1.36 bits per heavy atom. The first-order valence-corrected chi connectivity index (χ1v) is 7.85. The predicted octanol–water partition coefficient (Wildman–Crippen LogP) is 5.14. The molecule has 0 aliphatic heterocycles. The van der Waals surface area contributed by atoms with Gasteiger partial charge in [0.2, 0.25) is 5.96 Å². The Morgan fingerprint density at radius 1 is 0.920 bits per heavy atom. The van der Waals surface area contributed by atoms with Crippen molar-refractivity contribution in [1.82, 2.24) is 5.43 Å². The number of hydrogen-bond donors (Lipinski definition) is 3. The van der Waals surface area contributed by atoms with Gasteiger partial charge in [-0.25, -0.2) is 5.43 Å². The second-order valence-electron chi connectivity index (χ2n) is 4.77. The van der Waals surface area contributed by atoms with E-state index in [2.05, 4.69) is 10.5 Å². The minimum absolute atomic E-state index is 0. The van der Waals surface area contributed by atoms with E-state index in [4.69, 9.17) is 34.3 Å². The molecule has 0 aliphatic rings. The maximum atomic E-state index is 7.22. The lowest BCUT2D eigenvalue weighted by atomic mass is 10.1. The van der Waals surface area contributed by atoms with Crippen molar-refractivity contribution in [1.29, 1.82) is 5.41 Å². The van der Waals surface area contributed by atoms with Gasteiger partial charge in [0.25, 0.3) is 0 Å². The van der Waals surface area contributed by atoms with Crippen LogP contribution < -0.4 is 11.2 Å². The van der Waals surface area contributed by atoms with Crippen LogP contribution in [0.2, 0.25) is 10.0 Å². The van der Waals surface area contributed by atoms with E-state index in [9.17, 15) is 0 Å². The van der Waals surface area contributed by atoms with E-state index in [0.29, 0.717) is 15.8 Å². The molecule has 0 saturated heterocycles. The highest BCUT2D eigenvalue weighted by molar-refractivity contribution is 8.93. The van der Waals surface area contributed by atoms with Gasteiger partial charge < -0.3 is 5.73 Å². The zero-order valence-corrected chi connectivity index (χ0v) is 16.3. The van der Waals surface area contributed by atoms with Crippen LogP contribution in [0.3, 0.4) is 0 Å². The number of nitrogens with two attached hydrogens (primary N) is 1. The molecule has 0 aromatic heterocycles. The lowest BCUT2D eigenvalue weighted by Crippen LogP contribution is -2.26. The number of guanidine groups is 1. The number of benzene rings is 2. The molecule has 2 aromatic carbocycles. The van der Waals surface area contributed by atoms with E-state index >= 15 is 0 Å². The average molecular weight is 440 g/mol. The molecule has 4 N–H and O–H groups in total. The van der Waals surface area contributed by atoms with Crippen molar-refractivity contribution in [3.8, 4) is 0 Å². The van der Waals surface area contributed by atoms with Crippen molar-refractivity contribution in [3.05, 3.63) is 81.9 Å². The minimum atomic E-state index is -0.246. The zero-order valence-electron chi connectivity index (χ0n) is 13.1. The fraction of sp³-hybridized carbons (Fsp3) is 0. The molecular formula is C18H17BrCl2N4. The third-order valence-electron chi connectivity index (χ3n) is 2.98. The second kappa shape index (κ2) is 10.7. The Morgan fingerprint density at radius 3 is 1.76 bits per heavy atom. The molecule has 0 saturated carbocycles. The van der Waals surface area contributed by atoms with E-state index in [0.717, 1.165) is 11.1 Å². The van der Waals surface area contributed by atoms with E-state index in [-0.39, 0.29) is 22.9 Å². The van der Waals surface area contributed by atoms with Crippen LogP contribution in [-0.2, 0) is 0 Å². The molecule has 0 fully saturated rings. The molecule has 2 aromatic rings. The van der Waals surface area contributed by atoms with Gasteiger partial charge in [-0.15, -0.1) is 17.0 Å². The van der Waals surface area contributed by atoms with E-state index in [1.54, 1.807) is 12.2 Å². The van der Waals surface area contributed by atoms with Gasteiger partial charge in [-0.2, -0.15) is 5.10 Å². The summed E-state index contributed by atoms with van der Waals surface area (Å²) in [6.45, 7) is 0. The van der Waals surface area contributed by atoms with Crippen molar-refractivity contribution in [2.75, 3.05) is 0 Å². The number of rotatable bonds is 5. The van der Waals surface area contributed by atoms with Gasteiger partial charge in [0.1, 0.15) is 0 Å². The van der Waals surface area contributed by atoms with E-state index < -0.39 is 0 Å². The number of nitrogens with one attached hydrogen (secondary N) is 2. The lowest BCUT2D eigenvalue weighted by molar-refractivity contribution is 0.998. The lowest BCUT2D eigenvalue weighted by Gasteiger charge is -2.00. The summed E-state index contributed by atoms with van der Waals surface area (Å²) in [4.78, 5) is 0. The van der Waals surface area contributed by atoms with Crippen LogP contribution in [0.1, 0.15) is 11.1 Å². The number of allylic oxidation sites excluding steroid dienone is 2. The Hall–Kier alpha value is -2.08. The van der Waals surface area contributed by atoms with Crippen LogP contribution in [-0.4, -0.2) is 11.7 Å². The third-order valence-corrected chi connectivity index (χ3v) is 3.67. The molecule has 0 bridgehead atoms. The van der Waals surface area contributed by atoms with Gasteiger partial charge in [0, 0.05) is 10.0 Å². The number of hydrazone groups is 1. The van der Waals surface area contributed by atoms with Gasteiger partial charge in [0.15, 0.2) is 0 Å². The molecule has 25 heavy (non-hydrogen) atoms. The Balaban J connectivity index is 0.00000312. The van der Waals surface area contributed by atoms with Gasteiger partial charge in [0.05, 0.1) is 5.71 Å². The summed E-state index contributed by atoms with van der Waals surface area (Å²) in [6, 6.07) is 14.9. The molecule has 2 rings (SSSR count). The first kappa shape index (κ1) is 21.0. The predicted molar refractivity (Wildman–Crippen MR) is 114 cm³/mol. The molecule has 130 valence electrons. The van der Waals surface area contributed by atoms with Crippen LogP contribution in [0.4, 0.5) is 0 Å². The van der Waals surface area contributed by atoms with Crippen molar-refractivity contribution in [3.63, 3.8) is 0 Å². The quantitative estimate of drug-likeness (QED) is 0.343. The maximum absolute atomic E-state index is 7.22. The molecule has 0 heterocycles. The van der Waals surface area contributed by atoms with Gasteiger partial charge in [-0.1, -0.05) is 71.8 Å². The largest absolute Gasteiger partial charge is 0.369 e. The molecule has 0 unspecified atom stereocenters. The highest BCUT2D eigenvalue weighted by Crippen LogP contribution is 2.18. The van der Waals surface area contributed by atoms with Crippen molar-refractivity contribution >= 4 is 64.0 Å². The summed E-state index contributed by atoms with van der Waals surface area (Å²) in [7, 11) is 0. The average Bonchev–Trinajstić information content (AvgIpc) is 2.56. The Labute approximate surface area is 167 Å². The normalized spacial score (nSPS) is 10.5. The summed E-state index contributed by atoms with van der Waals surface area (Å²) in [5.74, 6) is -0.246. The molecule has 7 heteroatoms. The van der Waals surface area contributed by atoms with Crippen molar-refractivity contribution in [2.24, 2.45) is 10.8 Å². The molecule has 0 aliphatic carbocycles. The number of hydrogen-bond acceptors (Lipinski definition) is 2. The smallest absolute Gasteiger partial charge is 0.206 e. The first-order chi connectivity index (χ1) is 11.6. The van der Waals surface area contributed by atoms with Gasteiger partial charge in [-0.05, 0) is 35.4 Å². The fourth-order valence-corrected chi connectivity index (χ4v) is 2.22. The van der Waals surface area contributed by atoms with E-state index in [1.165, 1.54) is 0 Å². The van der Waals surface area contributed by atoms with Gasteiger partial charge >= 0.3 is 0 Å².